The van der Waals surface area contributed by atoms with E-state index in [4.69, 9.17) is 0 Å². The molecule has 0 atom stereocenters. The van der Waals surface area contributed by atoms with Gasteiger partial charge in [-0.05, 0) is 49.6 Å². The first-order valence-electron chi connectivity index (χ1n) is 6.68. The molecule has 0 saturated carbocycles. The third-order valence-corrected chi connectivity index (χ3v) is 3.64. The van der Waals surface area contributed by atoms with Gasteiger partial charge in [0.1, 0.15) is 0 Å². The Balaban J connectivity index is 2.01. The Bertz CT molecular complexity index is 534. The molecule has 2 nitrogen and oxygen atoms in total. The highest BCUT2D eigenvalue weighted by atomic mass is 15.1. The monoisotopic (exact) mass is 238 g/mol. The second-order valence-corrected chi connectivity index (χ2v) is 4.74. The van der Waals surface area contributed by atoms with Gasteiger partial charge in [-0.15, -0.1) is 0 Å². The molecule has 0 radical (unpaired) electrons. The predicted octanol–water partition coefficient (Wildman–Crippen LogP) is 3.52. The molecule has 92 valence electrons. The van der Waals surface area contributed by atoms with Gasteiger partial charge in [0, 0.05) is 30.5 Å². The summed E-state index contributed by atoms with van der Waals surface area (Å²) >= 11 is 0. The quantitative estimate of drug-likeness (QED) is 0.795. The number of benzene rings is 1. The van der Waals surface area contributed by atoms with Crippen molar-refractivity contribution >= 4 is 5.69 Å². The zero-order chi connectivity index (χ0) is 12.4. The number of fused-ring (bicyclic) bond motifs is 1. The Morgan fingerprint density at radius 2 is 2.17 bits per heavy atom. The Morgan fingerprint density at radius 1 is 1.22 bits per heavy atom. The van der Waals surface area contributed by atoms with E-state index >= 15 is 0 Å². The van der Waals surface area contributed by atoms with Gasteiger partial charge in [0.2, 0.25) is 0 Å². The van der Waals surface area contributed by atoms with Crippen molar-refractivity contribution in [3.63, 3.8) is 0 Å². The van der Waals surface area contributed by atoms with Crippen molar-refractivity contribution in [3.8, 4) is 11.3 Å². The first-order chi connectivity index (χ1) is 8.88. The van der Waals surface area contributed by atoms with Crippen LogP contribution in [0.1, 0.15) is 18.9 Å². The highest BCUT2D eigenvalue weighted by Gasteiger charge is 2.15. The molecule has 3 rings (SSSR count). The van der Waals surface area contributed by atoms with E-state index in [9.17, 15) is 0 Å². The number of pyridine rings is 1. The zero-order valence-electron chi connectivity index (χ0n) is 10.8. The van der Waals surface area contributed by atoms with E-state index in [0.29, 0.717) is 0 Å². The molecule has 0 aliphatic carbocycles. The summed E-state index contributed by atoms with van der Waals surface area (Å²) in [5.74, 6) is 0. The number of anilines is 1. The standard InChI is InChI=1S/C16H18N2/c1-2-18-11-5-6-14-12-13(8-9-16(14)18)15-7-3-4-10-17-15/h3-4,7-10,12H,2,5-6,11H2,1H3. The Kier molecular flexibility index (Phi) is 3.01. The van der Waals surface area contributed by atoms with Gasteiger partial charge < -0.3 is 4.90 Å². The Morgan fingerprint density at radius 3 is 2.94 bits per heavy atom. The summed E-state index contributed by atoms with van der Waals surface area (Å²) < 4.78 is 0. The first kappa shape index (κ1) is 11.3. The van der Waals surface area contributed by atoms with Crippen molar-refractivity contribution in [1.29, 1.82) is 0 Å². The van der Waals surface area contributed by atoms with Crippen molar-refractivity contribution < 1.29 is 0 Å². The van der Waals surface area contributed by atoms with Gasteiger partial charge in [-0.25, -0.2) is 0 Å². The van der Waals surface area contributed by atoms with Gasteiger partial charge in [0.25, 0.3) is 0 Å². The number of rotatable bonds is 2. The molecular formula is C16H18N2. The van der Waals surface area contributed by atoms with E-state index in [0.717, 1.165) is 12.2 Å². The first-order valence-corrected chi connectivity index (χ1v) is 6.68. The van der Waals surface area contributed by atoms with E-state index in [2.05, 4.69) is 41.1 Å². The van der Waals surface area contributed by atoms with Gasteiger partial charge in [0.05, 0.1) is 5.69 Å². The van der Waals surface area contributed by atoms with Gasteiger partial charge in [0.15, 0.2) is 0 Å². The summed E-state index contributed by atoms with van der Waals surface area (Å²) in [6.07, 6.45) is 4.30. The largest absolute Gasteiger partial charge is 0.372 e. The van der Waals surface area contributed by atoms with Crippen LogP contribution in [0.15, 0.2) is 42.6 Å². The summed E-state index contributed by atoms with van der Waals surface area (Å²) in [5, 5.41) is 0. The van der Waals surface area contributed by atoms with E-state index in [1.165, 1.54) is 36.2 Å². The number of aryl methyl sites for hydroxylation is 1. The lowest BCUT2D eigenvalue weighted by Gasteiger charge is -2.30. The number of hydrogen-bond acceptors (Lipinski definition) is 2. The molecule has 0 saturated heterocycles. The molecule has 18 heavy (non-hydrogen) atoms. The van der Waals surface area contributed by atoms with Gasteiger partial charge in [-0.1, -0.05) is 12.1 Å². The molecule has 0 amide bonds. The maximum atomic E-state index is 4.42. The number of aromatic nitrogens is 1. The van der Waals surface area contributed by atoms with Crippen LogP contribution in [0.2, 0.25) is 0 Å². The lowest BCUT2D eigenvalue weighted by Crippen LogP contribution is -2.28. The molecule has 1 aromatic carbocycles. The molecule has 1 aliphatic heterocycles. The average molecular weight is 238 g/mol. The fourth-order valence-electron chi connectivity index (χ4n) is 2.70. The Hall–Kier alpha value is -1.83. The molecule has 0 spiro atoms. The molecule has 1 aliphatic rings. The highest BCUT2D eigenvalue weighted by molar-refractivity contribution is 5.67. The third-order valence-electron chi connectivity index (χ3n) is 3.64. The van der Waals surface area contributed by atoms with E-state index in [1.807, 2.05) is 18.3 Å². The topological polar surface area (TPSA) is 16.1 Å². The zero-order valence-corrected chi connectivity index (χ0v) is 10.8. The molecular weight excluding hydrogens is 220 g/mol. The molecule has 1 aromatic heterocycles. The summed E-state index contributed by atoms with van der Waals surface area (Å²) in [6, 6.07) is 12.8. The summed E-state index contributed by atoms with van der Waals surface area (Å²) in [5.41, 5.74) is 5.16. The molecule has 0 bridgehead atoms. The smallest absolute Gasteiger partial charge is 0.0702 e. The fraction of sp³-hybridized carbons (Fsp3) is 0.312. The van der Waals surface area contributed by atoms with Crippen LogP contribution in [-0.4, -0.2) is 18.1 Å². The minimum absolute atomic E-state index is 1.06. The normalized spacial score (nSPS) is 14.4. The van der Waals surface area contributed by atoms with Gasteiger partial charge in [-0.2, -0.15) is 0 Å². The maximum absolute atomic E-state index is 4.42. The molecule has 0 N–H and O–H groups in total. The van der Waals surface area contributed by atoms with Crippen LogP contribution < -0.4 is 4.90 Å². The van der Waals surface area contributed by atoms with Crippen LogP contribution in [-0.2, 0) is 6.42 Å². The summed E-state index contributed by atoms with van der Waals surface area (Å²) in [7, 11) is 0. The van der Waals surface area contributed by atoms with Crippen molar-refractivity contribution in [2.45, 2.75) is 19.8 Å². The molecule has 2 aromatic rings. The third kappa shape index (κ3) is 1.99. The van der Waals surface area contributed by atoms with Gasteiger partial charge in [-0.3, -0.25) is 4.98 Å². The second kappa shape index (κ2) is 4.81. The van der Waals surface area contributed by atoms with Crippen LogP contribution in [0.4, 0.5) is 5.69 Å². The fourth-order valence-corrected chi connectivity index (χ4v) is 2.70. The summed E-state index contributed by atoms with van der Waals surface area (Å²) in [6.45, 7) is 4.50. The van der Waals surface area contributed by atoms with Crippen LogP contribution in [0, 0.1) is 0 Å². The Labute approximate surface area is 108 Å². The van der Waals surface area contributed by atoms with E-state index in [-0.39, 0.29) is 0 Å². The van der Waals surface area contributed by atoms with Crippen LogP contribution in [0.5, 0.6) is 0 Å². The minimum Gasteiger partial charge on any atom is -0.372 e. The van der Waals surface area contributed by atoms with Crippen LogP contribution >= 0.6 is 0 Å². The maximum Gasteiger partial charge on any atom is 0.0702 e. The SMILES string of the molecule is CCN1CCCc2cc(-c3ccccn3)ccc21. The van der Waals surface area contributed by atoms with E-state index in [1.54, 1.807) is 0 Å². The van der Waals surface area contributed by atoms with Crippen molar-refractivity contribution in [1.82, 2.24) is 4.98 Å². The molecule has 0 fully saturated rings. The van der Waals surface area contributed by atoms with Crippen molar-refractivity contribution in [2.24, 2.45) is 0 Å². The average Bonchev–Trinajstić information content (AvgIpc) is 2.47. The van der Waals surface area contributed by atoms with Gasteiger partial charge >= 0.3 is 0 Å². The second-order valence-electron chi connectivity index (χ2n) is 4.74. The number of nitrogens with zero attached hydrogens (tertiary/aromatic N) is 2. The lowest BCUT2D eigenvalue weighted by molar-refractivity contribution is 0.708. The minimum atomic E-state index is 1.06. The van der Waals surface area contributed by atoms with Crippen molar-refractivity contribution in [2.75, 3.05) is 18.0 Å². The van der Waals surface area contributed by atoms with Crippen LogP contribution in [0.25, 0.3) is 11.3 Å². The van der Waals surface area contributed by atoms with Crippen molar-refractivity contribution in [3.05, 3.63) is 48.2 Å². The lowest BCUT2D eigenvalue weighted by atomic mass is 9.98. The molecule has 2 heterocycles. The highest BCUT2D eigenvalue weighted by Crippen LogP contribution is 2.30. The predicted molar refractivity (Wildman–Crippen MR) is 75.9 cm³/mol. The molecule has 2 heteroatoms. The summed E-state index contributed by atoms with van der Waals surface area (Å²) in [4.78, 5) is 6.88. The van der Waals surface area contributed by atoms with Crippen LogP contribution in [0.3, 0.4) is 0 Å². The number of hydrogen-bond donors (Lipinski definition) is 0. The van der Waals surface area contributed by atoms with E-state index < -0.39 is 0 Å². The molecule has 0 unspecified atom stereocenters.